The Morgan fingerprint density at radius 3 is 2.46 bits per heavy atom. The number of ether oxygens (including phenoxy) is 2. The molecule has 0 atom stereocenters. The zero-order chi connectivity index (χ0) is 24.8. The van der Waals surface area contributed by atoms with Gasteiger partial charge in [-0.2, -0.15) is 0 Å². The van der Waals surface area contributed by atoms with Crippen molar-refractivity contribution in [2.24, 2.45) is 0 Å². The number of carbonyl (C=O) groups is 1. The molecule has 1 aliphatic heterocycles. The minimum Gasteiger partial charge on any atom is -0.444 e. The van der Waals surface area contributed by atoms with Gasteiger partial charge in [0.1, 0.15) is 11.4 Å². The summed E-state index contributed by atoms with van der Waals surface area (Å²) in [4.78, 5) is 18.9. The summed E-state index contributed by atoms with van der Waals surface area (Å²) in [5, 5.41) is 8.13. The molecule has 7 heteroatoms. The number of fused-ring (bicyclic) bond motifs is 1. The average molecular weight is 477 g/mol. The molecule has 0 radical (unpaired) electrons. The Morgan fingerprint density at radius 1 is 1.03 bits per heavy atom. The SMILES string of the molecule is CN1CCC(OCc2ccc(CNc3cccc4c(NC(=O)OC(C)(C)C)nccc34)cc2)CC1. The summed E-state index contributed by atoms with van der Waals surface area (Å²) in [5.41, 5.74) is 2.79. The maximum atomic E-state index is 12.2. The zero-order valence-electron chi connectivity index (χ0n) is 21.1. The number of rotatable bonds is 7. The molecule has 35 heavy (non-hydrogen) atoms. The van der Waals surface area contributed by atoms with Crippen LogP contribution in [0.1, 0.15) is 44.7 Å². The fraction of sp³-hybridized carbons (Fsp3) is 0.429. The number of anilines is 2. The van der Waals surface area contributed by atoms with Crippen molar-refractivity contribution >= 4 is 28.4 Å². The van der Waals surface area contributed by atoms with Crippen molar-refractivity contribution in [1.29, 1.82) is 0 Å². The molecule has 0 bridgehead atoms. The lowest BCUT2D eigenvalue weighted by Crippen LogP contribution is -2.34. The molecule has 3 aromatic rings. The smallest absolute Gasteiger partial charge is 0.413 e. The highest BCUT2D eigenvalue weighted by Crippen LogP contribution is 2.28. The van der Waals surface area contributed by atoms with E-state index >= 15 is 0 Å². The highest BCUT2D eigenvalue weighted by molar-refractivity contribution is 6.03. The van der Waals surface area contributed by atoms with E-state index in [-0.39, 0.29) is 0 Å². The number of amides is 1. The molecule has 1 amide bonds. The largest absolute Gasteiger partial charge is 0.444 e. The molecule has 0 unspecified atom stereocenters. The van der Waals surface area contributed by atoms with Crippen LogP contribution in [0.5, 0.6) is 0 Å². The van der Waals surface area contributed by atoms with Crippen molar-refractivity contribution < 1.29 is 14.3 Å². The van der Waals surface area contributed by atoms with Crippen LogP contribution >= 0.6 is 0 Å². The van der Waals surface area contributed by atoms with Gasteiger partial charge in [-0.15, -0.1) is 0 Å². The summed E-state index contributed by atoms with van der Waals surface area (Å²) >= 11 is 0. The van der Waals surface area contributed by atoms with Gasteiger partial charge < -0.3 is 19.7 Å². The number of likely N-dealkylation sites (tertiary alicyclic amines) is 1. The molecule has 0 saturated carbocycles. The van der Waals surface area contributed by atoms with Gasteiger partial charge in [0.05, 0.1) is 12.7 Å². The van der Waals surface area contributed by atoms with Crippen LogP contribution in [0.2, 0.25) is 0 Å². The summed E-state index contributed by atoms with van der Waals surface area (Å²) in [6.07, 6.45) is 3.75. The van der Waals surface area contributed by atoms with Gasteiger partial charge in [0, 0.05) is 42.3 Å². The van der Waals surface area contributed by atoms with Gasteiger partial charge >= 0.3 is 6.09 Å². The Balaban J connectivity index is 1.36. The van der Waals surface area contributed by atoms with E-state index in [1.807, 2.05) is 45.0 Å². The highest BCUT2D eigenvalue weighted by atomic mass is 16.6. The minimum absolute atomic E-state index is 0.364. The van der Waals surface area contributed by atoms with E-state index in [0.29, 0.717) is 25.1 Å². The summed E-state index contributed by atoms with van der Waals surface area (Å²) in [5.74, 6) is 0.481. The van der Waals surface area contributed by atoms with E-state index in [4.69, 9.17) is 9.47 Å². The molecule has 1 aliphatic rings. The maximum absolute atomic E-state index is 12.2. The summed E-state index contributed by atoms with van der Waals surface area (Å²) in [7, 11) is 2.16. The van der Waals surface area contributed by atoms with Gasteiger partial charge in [-0.05, 0) is 63.9 Å². The number of nitrogens with one attached hydrogen (secondary N) is 2. The second-order valence-corrected chi connectivity index (χ2v) is 10.2. The first-order valence-electron chi connectivity index (χ1n) is 12.3. The van der Waals surface area contributed by atoms with E-state index in [1.54, 1.807) is 6.20 Å². The molecule has 2 heterocycles. The van der Waals surface area contributed by atoms with Crippen LogP contribution in [0.25, 0.3) is 10.8 Å². The Hall–Kier alpha value is -3.16. The normalized spacial score (nSPS) is 15.2. The van der Waals surface area contributed by atoms with E-state index < -0.39 is 11.7 Å². The lowest BCUT2D eigenvalue weighted by atomic mass is 10.1. The molecule has 1 aromatic heterocycles. The second kappa shape index (κ2) is 11.1. The first-order valence-corrected chi connectivity index (χ1v) is 12.3. The molecule has 7 nitrogen and oxygen atoms in total. The molecule has 0 aliphatic carbocycles. The Morgan fingerprint density at radius 2 is 1.74 bits per heavy atom. The average Bonchev–Trinajstić information content (AvgIpc) is 2.82. The number of carbonyl (C=O) groups excluding carboxylic acids is 1. The topological polar surface area (TPSA) is 75.7 Å². The highest BCUT2D eigenvalue weighted by Gasteiger charge is 2.18. The third-order valence-corrected chi connectivity index (χ3v) is 6.08. The number of hydrogen-bond acceptors (Lipinski definition) is 6. The molecular weight excluding hydrogens is 440 g/mol. The number of nitrogens with zero attached hydrogens (tertiary/aromatic N) is 2. The third-order valence-electron chi connectivity index (χ3n) is 6.08. The van der Waals surface area contributed by atoms with Crippen LogP contribution in [0, 0.1) is 0 Å². The monoisotopic (exact) mass is 476 g/mol. The second-order valence-electron chi connectivity index (χ2n) is 10.2. The predicted octanol–water partition coefficient (Wildman–Crippen LogP) is 5.80. The van der Waals surface area contributed by atoms with Crippen molar-refractivity contribution in [2.75, 3.05) is 30.8 Å². The quantitative estimate of drug-likeness (QED) is 0.449. The van der Waals surface area contributed by atoms with Crippen LogP contribution in [0.4, 0.5) is 16.3 Å². The lowest BCUT2D eigenvalue weighted by Gasteiger charge is -2.28. The Labute approximate surface area is 207 Å². The van der Waals surface area contributed by atoms with Crippen molar-refractivity contribution in [3.05, 3.63) is 65.9 Å². The molecule has 2 N–H and O–H groups in total. The fourth-order valence-corrected chi connectivity index (χ4v) is 4.18. The van der Waals surface area contributed by atoms with Crippen molar-refractivity contribution in [3.8, 4) is 0 Å². The van der Waals surface area contributed by atoms with Gasteiger partial charge in [0.2, 0.25) is 0 Å². The predicted molar refractivity (Wildman–Crippen MR) is 141 cm³/mol. The van der Waals surface area contributed by atoms with Gasteiger partial charge in [-0.25, -0.2) is 9.78 Å². The van der Waals surface area contributed by atoms with Gasteiger partial charge in [-0.3, -0.25) is 5.32 Å². The lowest BCUT2D eigenvalue weighted by molar-refractivity contribution is 0.00213. The number of pyridine rings is 1. The van der Waals surface area contributed by atoms with Gasteiger partial charge in [0.25, 0.3) is 0 Å². The molecule has 4 rings (SSSR count). The van der Waals surface area contributed by atoms with Crippen molar-refractivity contribution in [3.63, 3.8) is 0 Å². The molecule has 0 spiro atoms. The van der Waals surface area contributed by atoms with Crippen LogP contribution in [-0.2, 0) is 22.6 Å². The van der Waals surface area contributed by atoms with Crippen molar-refractivity contribution in [1.82, 2.24) is 9.88 Å². The van der Waals surface area contributed by atoms with E-state index in [0.717, 1.165) is 42.4 Å². The van der Waals surface area contributed by atoms with E-state index in [1.165, 1.54) is 11.1 Å². The van der Waals surface area contributed by atoms with Crippen LogP contribution in [0.3, 0.4) is 0 Å². The fourth-order valence-electron chi connectivity index (χ4n) is 4.18. The standard InChI is InChI=1S/C28H36N4O3/c1-28(2,3)35-27(33)31-26-24-6-5-7-25(23(24)12-15-29-26)30-18-20-8-10-21(11-9-20)19-34-22-13-16-32(4)17-14-22/h5-12,15,22,30H,13-14,16-19H2,1-4H3,(H,29,31,33). The first-order chi connectivity index (χ1) is 16.8. The van der Waals surface area contributed by atoms with Crippen LogP contribution in [0.15, 0.2) is 54.7 Å². The molecular formula is C28H36N4O3. The summed E-state index contributed by atoms with van der Waals surface area (Å²) in [6.45, 7) is 9.06. The minimum atomic E-state index is -0.573. The number of hydrogen-bond donors (Lipinski definition) is 2. The summed E-state index contributed by atoms with van der Waals surface area (Å²) < 4.78 is 11.5. The number of benzene rings is 2. The Bertz CT molecular complexity index is 1130. The first kappa shape index (κ1) is 24.9. The van der Waals surface area contributed by atoms with Gasteiger partial charge in [0.15, 0.2) is 0 Å². The molecule has 186 valence electrons. The third kappa shape index (κ3) is 7.16. The maximum Gasteiger partial charge on any atom is 0.413 e. The van der Waals surface area contributed by atoms with Crippen LogP contribution < -0.4 is 10.6 Å². The molecule has 2 aromatic carbocycles. The van der Waals surface area contributed by atoms with E-state index in [2.05, 4.69) is 51.8 Å². The Kier molecular flexibility index (Phi) is 7.88. The molecule has 1 fully saturated rings. The van der Waals surface area contributed by atoms with E-state index in [9.17, 15) is 4.79 Å². The zero-order valence-corrected chi connectivity index (χ0v) is 21.1. The summed E-state index contributed by atoms with van der Waals surface area (Å²) in [6, 6.07) is 16.4. The van der Waals surface area contributed by atoms with Gasteiger partial charge in [-0.1, -0.05) is 36.4 Å². The van der Waals surface area contributed by atoms with Crippen molar-refractivity contribution in [2.45, 2.75) is 58.5 Å². The number of aromatic nitrogens is 1. The number of piperidine rings is 1. The van der Waals surface area contributed by atoms with Crippen LogP contribution in [-0.4, -0.2) is 47.8 Å². The molecule has 1 saturated heterocycles.